The lowest BCUT2D eigenvalue weighted by Crippen LogP contribution is -2.35. The van der Waals surface area contributed by atoms with E-state index in [4.69, 9.17) is 0 Å². The van der Waals surface area contributed by atoms with Gasteiger partial charge in [-0.25, -0.2) is 9.13 Å². The summed E-state index contributed by atoms with van der Waals surface area (Å²) >= 11 is 0. The van der Waals surface area contributed by atoms with Crippen LogP contribution in [0.3, 0.4) is 0 Å². The van der Waals surface area contributed by atoms with Crippen LogP contribution in [0.25, 0.3) is 5.69 Å². The van der Waals surface area contributed by atoms with Gasteiger partial charge >= 0.3 is 0 Å². The minimum atomic E-state index is 1.12. The van der Waals surface area contributed by atoms with Crippen LogP contribution >= 0.6 is 0 Å². The second-order valence-corrected chi connectivity index (χ2v) is 4.45. The Morgan fingerprint density at radius 1 is 1.12 bits per heavy atom. The molecule has 17 heavy (non-hydrogen) atoms. The van der Waals surface area contributed by atoms with Crippen molar-refractivity contribution in [3.8, 4) is 5.69 Å². The predicted octanol–water partition coefficient (Wildman–Crippen LogP) is 3.26. The number of para-hydroxylation sites is 1. The number of aryl methyl sites for hydroxylation is 1. The molecule has 0 spiro atoms. The summed E-state index contributed by atoms with van der Waals surface area (Å²) in [5, 5.41) is 0. The monoisotopic (exact) mass is 229 g/mol. The molecule has 0 bridgehead atoms. The van der Waals surface area contributed by atoms with E-state index >= 15 is 0 Å². The molecule has 0 saturated heterocycles. The maximum atomic E-state index is 2.34. The number of nitrogens with zero attached hydrogens (tertiary/aromatic N) is 2. The van der Waals surface area contributed by atoms with E-state index in [9.17, 15) is 0 Å². The van der Waals surface area contributed by atoms with Crippen molar-refractivity contribution in [3.63, 3.8) is 0 Å². The highest BCUT2D eigenvalue weighted by atomic mass is 15.1. The summed E-state index contributed by atoms with van der Waals surface area (Å²) in [4.78, 5) is 0. The molecule has 0 N–H and O–H groups in total. The molecule has 0 aliphatic rings. The van der Waals surface area contributed by atoms with E-state index in [-0.39, 0.29) is 0 Å². The molecule has 0 aliphatic heterocycles. The number of aromatic nitrogens is 2. The molecule has 2 aromatic rings. The molecule has 2 nitrogen and oxygen atoms in total. The Morgan fingerprint density at radius 3 is 2.59 bits per heavy atom. The van der Waals surface area contributed by atoms with E-state index in [0.717, 1.165) is 6.54 Å². The van der Waals surface area contributed by atoms with E-state index in [0.29, 0.717) is 0 Å². The van der Waals surface area contributed by atoms with Crippen molar-refractivity contribution < 1.29 is 4.57 Å². The Balaban J connectivity index is 2.15. The first-order chi connectivity index (χ1) is 8.33. The second-order valence-electron chi connectivity index (χ2n) is 4.45. The lowest BCUT2D eigenvalue weighted by Gasteiger charge is -2.00. The SMILES string of the molecule is CCCCC[n+]1ccn(-c2ccccc2)c1C. The number of imidazole rings is 1. The van der Waals surface area contributed by atoms with Gasteiger partial charge in [-0.05, 0) is 25.0 Å². The Hall–Kier alpha value is -1.57. The summed E-state index contributed by atoms with van der Waals surface area (Å²) in [6, 6.07) is 10.5. The van der Waals surface area contributed by atoms with E-state index < -0.39 is 0 Å². The molecular weight excluding hydrogens is 208 g/mol. The lowest BCUT2D eigenvalue weighted by atomic mass is 10.2. The molecule has 2 rings (SSSR count). The Morgan fingerprint density at radius 2 is 1.88 bits per heavy atom. The summed E-state index contributed by atoms with van der Waals surface area (Å²) in [5.41, 5.74) is 1.24. The number of hydrogen-bond acceptors (Lipinski definition) is 0. The lowest BCUT2D eigenvalue weighted by molar-refractivity contribution is -0.702. The summed E-state index contributed by atoms with van der Waals surface area (Å²) < 4.78 is 4.58. The first kappa shape index (κ1) is 11.9. The molecule has 0 unspecified atom stereocenters. The first-order valence-electron chi connectivity index (χ1n) is 6.45. The van der Waals surface area contributed by atoms with Crippen LogP contribution in [-0.4, -0.2) is 4.57 Å². The molecule has 0 amide bonds. The number of hydrogen-bond donors (Lipinski definition) is 0. The third-order valence-corrected chi connectivity index (χ3v) is 3.20. The maximum absolute atomic E-state index is 2.34. The van der Waals surface area contributed by atoms with Gasteiger partial charge < -0.3 is 0 Å². The Kier molecular flexibility index (Phi) is 3.97. The highest BCUT2D eigenvalue weighted by Gasteiger charge is 2.12. The van der Waals surface area contributed by atoms with Gasteiger partial charge in [-0.1, -0.05) is 31.5 Å². The highest BCUT2D eigenvalue weighted by molar-refractivity contribution is 5.31. The fourth-order valence-corrected chi connectivity index (χ4v) is 2.13. The fraction of sp³-hybridized carbons (Fsp3) is 0.400. The van der Waals surface area contributed by atoms with Crippen LogP contribution in [0.15, 0.2) is 42.7 Å². The number of unbranched alkanes of at least 4 members (excludes halogenated alkanes) is 2. The van der Waals surface area contributed by atoms with Crippen molar-refractivity contribution in [2.45, 2.75) is 39.7 Å². The molecule has 0 atom stereocenters. The molecule has 1 aromatic carbocycles. The largest absolute Gasteiger partial charge is 0.258 e. The van der Waals surface area contributed by atoms with Gasteiger partial charge in [0, 0.05) is 6.92 Å². The molecule has 0 fully saturated rings. The molecule has 1 aromatic heterocycles. The Labute approximate surface area is 104 Å². The van der Waals surface area contributed by atoms with E-state index in [2.05, 4.69) is 65.7 Å². The van der Waals surface area contributed by atoms with Gasteiger partial charge in [0.05, 0.1) is 6.54 Å². The predicted molar refractivity (Wildman–Crippen MR) is 70.2 cm³/mol. The van der Waals surface area contributed by atoms with Crippen LogP contribution in [0.5, 0.6) is 0 Å². The number of benzene rings is 1. The quantitative estimate of drug-likeness (QED) is 0.549. The van der Waals surface area contributed by atoms with Crippen molar-refractivity contribution in [1.82, 2.24) is 4.57 Å². The smallest absolute Gasteiger partial charge is 0.234 e. The average Bonchev–Trinajstić information content (AvgIpc) is 2.73. The van der Waals surface area contributed by atoms with E-state index in [1.54, 1.807) is 0 Å². The third kappa shape index (κ3) is 2.76. The van der Waals surface area contributed by atoms with Gasteiger partial charge in [-0.3, -0.25) is 0 Å². The van der Waals surface area contributed by atoms with Crippen molar-refractivity contribution in [2.24, 2.45) is 0 Å². The van der Waals surface area contributed by atoms with E-state index in [1.807, 2.05) is 0 Å². The normalized spacial score (nSPS) is 10.7. The third-order valence-electron chi connectivity index (χ3n) is 3.20. The first-order valence-corrected chi connectivity index (χ1v) is 6.45. The fourth-order valence-electron chi connectivity index (χ4n) is 2.13. The van der Waals surface area contributed by atoms with Crippen LogP contribution in [0.2, 0.25) is 0 Å². The van der Waals surface area contributed by atoms with Gasteiger partial charge in [0.1, 0.15) is 18.1 Å². The van der Waals surface area contributed by atoms with Gasteiger partial charge in [-0.15, -0.1) is 0 Å². The van der Waals surface area contributed by atoms with Crippen LogP contribution in [-0.2, 0) is 6.54 Å². The molecule has 2 heteroatoms. The molecule has 0 saturated carbocycles. The molecule has 90 valence electrons. The van der Waals surface area contributed by atoms with Crippen LogP contribution in [0.4, 0.5) is 0 Å². The summed E-state index contributed by atoms with van der Waals surface area (Å²) in [6.45, 7) is 5.55. The zero-order chi connectivity index (χ0) is 12.1. The highest BCUT2D eigenvalue weighted by Crippen LogP contribution is 2.08. The Bertz CT molecular complexity index is 457. The minimum Gasteiger partial charge on any atom is -0.234 e. The second kappa shape index (κ2) is 5.67. The van der Waals surface area contributed by atoms with E-state index in [1.165, 1.54) is 30.8 Å². The van der Waals surface area contributed by atoms with Crippen LogP contribution in [0.1, 0.15) is 32.0 Å². The van der Waals surface area contributed by atoms with Gasteiger partial charge in [0.25, 0.3) is 5.82 Å². The minimum absolute atomic E-state index is 1.12. The zero-order valence-corrected chi connectivity index (χ0v) is 10.8. The summed E-state index contributed by atoms with van der Waals surface area (Å²) in [5.74, 6) is 1.30. The average molecular weight is 229 g/mol. The zero-order valence-electron chi connectivity index (χ0n) is 10.8. The molecule has 0 radical (unpaired) electrons. The topological polar surface area (TPSA) is 8.81 Å². The van der Waals surface area contributed by atoms with Crippen molar-refractivity contribution in [3.05, 3.63) is 48.5 Å². The number of rotatable bonds is 5. The summed E-state index contributed by atoms with van der Waals surface area (Å²) in [6.07, 6.45) is 8.18. The standard InChI is InChI=1S/C15H21N2/c1-3-4-8-11-16-12-13-17(14(16)2)15-9-6-5-7-10-15/h5-7,9-10,12-13H,3-4,8,11H2,1-2H3/q+1. The van der Waals surface area contributed by atoms with Gasteiger partial charge in [-0.2, -0.15) is 0 Å². The van der Waals surface area contributed by atoms with Crippen LogP contribution < -0.4 is 4.57 Å². The van der Waals surface area contributed by atoms with Gasteiger partial charge in [0.2, 0.25) is 0 Å². The molecule has 0 aliphatic carbocycles. The summed E-state index contributed by atoms with van der Waals surface area (Å²) in [7, 11) is 0. The van der Waals surface area contributed by atoms with Crippen LogP contribution in [0, 0.1) is 6.92 Å². The van der Waals surface area contributed by atoms with Gasteiger partial charge in [0.15, 0.2) is 0 Å². The van der Waals surface area contributed by atoms with Crippen molar-refractivity contribution >= 4 is 0 Å². The maximum Gasteiger partial charge on any atom is 0.258 e. The molecule has 1 heterocycles. The van der Waals surface area contributed by atoms with Crippen molar-refractivity contribution in [1.29, 1.82) is 0 Å². The van der Waals surface area contributed by atoms with Crippen molar-refractivity contribution in [2.75, 3.05) is 0 Å². The molecular formula is C15H21N2+.